The predicted octanol–water partition coefficient (Wildman–Crippen LogP) is 6.15. The molecule has 1 aliphatic heterocycles. The zero-order valence-corrected chi connectivity index (χ0v) is 23.7. The first-order valence-electron chi connectivity index (χ1n) is 13.6. The molecule has 0 aliphatic carbocycles. The van der Waals surface area contributed by atoms with E-state index in [4.69, 9.17) is 11.6 Å². The van der Waals surface area contributed by atoms with Crippen LogP contribution in [0, 0.1) is 11.6 Å². The Balaban J connectivity index is 1.32. The number of nitrogens with one attached hydrogen (secondary N) is 3. The third-order valence-corrected chi connectivity index (χ3v) is 7.25. The zero-order valence-electron chi connectivity index (χ0n) is 22.9. The molecule has 5 rings (SSSR count). The molecule has 1 heterocycles. The molecule has 1 saturated heterocycles. The molecule has 0 spiro atoms. The van der Waals surface area contributed by atoms with Crippen molar-refractivity contribution in [1.82, 2.24) is 10.2 Å². The van der Waals surface area contributed by atoms with Gasteiger partial charge in [-0.05, 0) is 72.3 Å². The molecule has 220 valence electrons. The minimum Gasteiger partial charge on any atom is -0.367 e. The first-order valence-corrected chi connectivity index (χ1v) is 13.9. The molecule has 0 unspecified atom stereocenters. The van der Waals surface area contributed by atoms with Crippen molar-refractivity contribution < 1.29 is 23.2 Å². The minimum absolute atomic E-state index is 0.103. The van der Waals surface area contributed by atoms with Crippen LogP contribution in [0.1, 0.15) is 26.3 Å². The number of urea groups is 1. The third-order valence-electron chi connectivity index (χ3n) is 6.99. The maximum absolute atomic E-state index is 14.0. The van der Waals surface area contributed by atoms with Gasteiger partial charge in [-0.15, -0.1) is 0 Å². The van der Waals surface area contributed by atoms with Gasteiger partial charge in [0.05, 0.1) is 11.3 Å². The maximum Gasteiger partial charge on any atom is 0.322 e. The molecule has 0 saturated carbocycles. The van der Waals surface area contributed by atoms with Gasteiger partial charge in [0.2, 0.25) is 0 Å². The quantitative estimate of drug-likeness (QED) is 0.236. The summed E-state index contributed by atoms with van der Waals surface area (Å²) in [7, 11) is 0. The van der Waals surface area contributed by atoms with Gasteiger partial charge in [-0.3, -0.25) is 9.59 Å². The molecule has 8 nitrogen and oxygen atoms in total. The second-order valence-corrected chi connectivity index (χ2v) is 10.3. The molecule has 4 amide bonds. The smallest absolute Gasteiger partial charge is 0.322 e. The van der Waals surface area contributed by atoms with Gasteiger partial charge in [0.25, 0.3) is 11.8 Å². The minimum atomic E-state index is -0.519. The van der Waals surface area contributed by atoms with Crippen LogP contribution in [0.4, 0.5) is 30.6 Å². The SMILES string of the molecule is O=C(Nc1ccc(N2CCN(C(=O)Nc3ccccc3F)CC2)c(C(=O)NCc2ccc(F)cc2)c1)c1ccc(Cl)cc1. The number of nitrogens with zero attached hydrogens (tertiary/aromatic N) is 2. The number of anilines is 3. The highest BCUT2D eigenvalue weighted by Gasteiger charge is 2.25. The molecule has 1 fully saturated rings. The lowest BCUT2D eigenvalue weighted by Gasteiger charge is -2.37. The van der Waals surface area contributed by atoms with Crippen LogP contribution in [0.25, 0.3) is 0 Å². The van der Waals surface area contributed by atoms with E-state index < -0.39 is 11.8 Å². The highest BCUT2D eigenvalue weighted by molar-refractivity contribution is 6.30. The average molecular weight is 604 g/mol. The Kier molecular flexibility index (Phi) is 9.17. The van der Waals surface area contributed by atoms with E-state index in [1.54, 1.807) is 71.6 Å². The second kappa shape index (κ2) is 13.3. The topological polar surface area (TPSA) is 93.8 Å². The van der Waals surface area contributed by atoms with E-state index in [0.717, 1.165) is 5.56 Å². The Morgan fingerprint density at radius 3 is 2.16 bits per heavy atom. The Hall–Kier alpha value is -4.96. The fourth-order valence-electron chi connectivity index (χ4n) is 4.66. The summed E-state index contributed by atoms with van der Waals surface area (Å²) in [5, 5.41) is 8.79. The molecule has 43 heavy (non-hydrogen) atoms. The molecule has 0 radical (unpaired) electrons. The summed E-state index contributed by atoms with van der Waals surface area (Å²) in [5.74, 6) is -1.64. The Morgan fingerprint density at radius 1 is 0.767 bits per heavy atom. The van der Waals surface area contributed by atoms with Crippen molar-refractivity contribution in [2.75, 3.05) is 41.7 Å². The summed E-state index contributed by atoms with van der Waals surface area (Å²) >= 11 is 5.93. The molecule has 1 aliphatic rings. The average Bonchev–Trinajstić information content (AvgIpc) is 3.02. The first-order chi connectivity index (χ1) is 20.8. The summed E-state index contributed by atoms with van der Waals surface area (Å²) in [6.45, 7) is 1.68. The van der Waals surface area contributed by atoms with E-state index in [2.05, 4.69) is 16.0 Å². The van der Waals surface area contributed by atoms with Crippen molar-refractivity contribution in [2.24, 2.45) is 0 Å². The fourth-order valence-corrected chi connectivity index (χ4v) is 4.79. The normalized spacial score (nSPS) is 12.9. The molecule has 4 aromatic rings. The number of para-hydroxylation sites is 1. The number of halogens is 3. The van der Waals surface area contributed by atoms with Crippen LogP contribution in [0.15, 0.2) is 91.0 Å². The molecule has 3 N–H and O–H groups in total. The predicted molar refractivity (Wildman–Crippen MR) is 163 cm³/mol. The Morgan fingerprint density at radius 2 is 1.47 bits per heavy atom. The maximum atomic E-state index is 14.0. The standard InChI is InChI=1S/C32H28ClF2N5O3/c33-23-9-7-22(8-10-23)30(41)37-25-13-14-29(26(19-25)31(42)36-20-21-5-11-24(34)12-6-21)39-15-17-40(18-16-39)32(43)38-28-4-2-1-3-27(28)35/h1-14,19H,15-18,20H2,(H,36,42)(H,37,41)(H,38,43). The molecule has 0 atom stereocenters. The van der Waals surface area contributed by atoms with Crippen LogP contribution in [0.5, 0.6) is 0 Å². The lowest BCUT2D eigenvalue weighted by atomic mass is 10.1. The van der Waals surface area contributed by atoms with Crippen molar-refractivity contribution in [3.63, 3.8) is 0 Å². The monoisotopic (exact) mass is 603 g/mol. The summed E-state index contributed by atoms with van der Waals surface area (Å²) in [6.07, 6.45) is 0. The van der Waals surface area contributed by atoms with Crippen molar-refractivity contribution in [1.29, 1.82) is 0 Å². The van der Waals surface area contributed by atoms with Crippen molar-refractivity contribution in [2.45, 2.75) is 6.54 Å². The lowest BCUT2D eigenvalue weighted by molar-refractivity contribution is 0.0949. The van der Waals surface area contributed by atoms with E-state index >= 15 is 0 Å². The number of carbonyl (C=O) groups excluding carboxylic acids is 3. The van der Waals surface area contributed by atoms with Gasteiger partial charge in [-0.25, -0.2) is 13.6 Å². The van der Waals surface area contributed by atoms with E-state index in [0.29, 0.717) is 53.7 Å². The molecular formula is C32H28ClF2N5O3. The Labute approximate surface area is 252 Å². The van der Waals surface area contributed by atoms with E-state index in [1.165, 1.54) is 24.3 Å². The second-order valence-electron chi connectivity index (χ2n) is 9.89. The molecular weight excluding hydrogens is 576 g/mol. The van der Waals surface area contributed by atoms with Crippen LogP contribution in [-0.4, -0.2) is 48.9 Å². The number of benzene rings is 4. The Bertz CT molecular complexity index is 1630. The van der Waals surface area contributed by atoms with E-state index in [1.807, 2.05) is 4.90 Å². The highest BCUT2D eigenvalue weighted by Crippen LogP contribution is 2.27. The van der Waals surface area contributed by atoms with Gasteiger partial charge in [0.15, 0.2) is 0 Å². The molecule has 4 aromatic carbocycles. The summed E-state index contributed by atoms with van der Waals surface area (Å²) < 4.78 is 27.3. The molecule has 0 bridgehead atoms. The number of hydrogen-bond donors (Lipinski definition) is 3. The first kappa shape index (κ1) is 29.5. The summed E-state index contributed by atoms with van der Waals surface area (Å²) in [6, 6.07) is 22.8. The number of rotatable bonds is 7. The number of carbonyl (C=O) groups is 3. The van der Waals surface area contributed by atoms with Crippen molar-refractivity contribution in [3.8, 4) is 0 Å². The highest BCUT2D eigenvalue weighted by atomic mass is 35.5. The van der Waals surface area contributed by atoms with Crippen LogP contribution in [0.3, 0.4) is 0 Å². The van der Waals surface area contributed by atoms with Gasteiger partial charge in [-0.2, -0.15) is 0 Å². The van der Waals surface area contributed by atoms with Gasteiger partial charge < -0.3 is 25.8 Å². The van der Waals surface area contributed by atoms with Gasteiger partial charge in [0.1, 0.15) is 11.6 Å². The van der Waals surface area contributed by atoms with Crippen LogP contribution >= 0.6 is 11.6 Å². The number of hydrogen-bond acceptors (Lipinski definition) is 4. The number of piperazine rings is 1. The summed E-state index contributed by atoms with van der Waals surface area (Å²) in [5.41, 5.74) is 2.58. The van der Waals surface area contributed by atoms with Gasteiger partial charge in [0, 0.05) is 54.7 Å². The number of amides is 4. The van der Waals surface area contributed by atoms with Crippen LogP contribution < -0.4 is 20.9 Å². The lowest BCUT2D eigenvalue weighted by Crippen LogP contribution is -2.50. The van der Waals surface area contributed by atoms with E-state index in [-0.39, 0.29) is 29.9 Å². The van der Waals surface area contributed by atoms with Crippen LogP contribution in [0.2, 0.25) is 5.02 Å². The summed E-state index contributed by atoms with van der Waals surface area (Å²) in [4.78, 5) is 42.6. The third kappa shape index (κ3) is 7.47. The molecule has 0 aromatic heterocycles. The van der Waals surface area contributed by atoms with Crippen LogP contribution in [-0.2, 0) is 6.54 Å². The largest absolute Gasteiger partial charge is 0.367 e. The van der Waals surface area contributed by atoms with Gasteiger partial charge in [-0.1, -0.05) is 35.9 Å². The van der Waals surface area contributed by atoms with Crippen molar-refractivity contribution in [3.05, 3.63) is 124 Å². The fraction of sp³-hybridized carbons (Fsp3) is 0.156. The van der Waals surface area contributed by atoms with Crippen molar-refractivity contribution >= 4 is 46.5 Å². The van der Waals surface area contributed by atoms with E-state index in [9.17, 15) is 23.2 Å². The molecule has 11 heteroatoms. The zero-order chi connectivity index (χ0) is 30.3. The van der Waals surface area contributed by atoms with Gasteiger partial charge >= 0.3 is 6.03 Å².